The summed E-state index contributed by atoms with van der Waals surface area (Å²) in [5, 5.41) is 27.4. The van der Waals surface area contributed by atoms with Crippen molar-refractivity contribution < 1.29 is 13.3 Å². The van der Waals surface area contributed by atoms with Gasteiger partial charge in [-0.05, 0) is 227 Å². The summed E-state index contributed by atoms with van der Waals surface area (Å²) in [4.78, 5) is 14.4. The van der Waals surface area contributed by atoms with Gasteiger partial charge in [0.25, 0.3) is 0 Å². The molecule has 0 atom stereocenters. The Morgan fingerprint density at radius 2 is 0.446 bits per heavy atom. The standard InChI is InChI=1S/C41H23NO.C39H23NO.C35H21NO/c1-2-10-29-28(9-1)31-13-4-12-30-27(19-20-34(29)39(30)31)26-18-21-36-35(23-26)40-33(14-5-15-37(40)43-36)32-11-3-7-24-16-17-25-8-6-22-42-41(25)38(24)32;1-2-11-28-26(8-1)22-33(30-13-4-3-12-29(28)30)27-19-20-35-34(23-27)38-32(15-6-16-36(38)41-35)31-14-5-9-24-17-18-25-10-7-21-40-39(25)37(24)31;1-2-11-26-22(7-1)8-3-12-27(26)25-18-19-31-30(21-25)34-29(14-5-15-32(34)37-31)28-13-4-9-23-16-17-24-10-6-20-36-35(24)33(23)28/h1-23H;1-23H;1-21H. The Kier molecular flexibility index (Phi) is 15.3. The van der Waals surface area contributed by atoms with Gasteiger partial charge >= 0.3 is 0 Å². The van der Waals surface area contributed by atoms with Crippen LogP contribution in [0.15, 0.2) is 420 Å². The molecule has 0 saturated carbocycles. The Labute approximate surface area is 693 Å². The van der Waals surface area contributed by atoms with Crippen LogP contribution < -0.4 is 0 Å². The average molecular weight is 1540 g/mol. The first-order valence-electron chi connectivity index (χ1n) is 41.2. The number of furan rings is 3. The second-order valence-electron chi connectivity index (χ2n) is 31.8. The van der Waals surface area contributed by atoms with Gasteiger partial charge in [0.15, 0.2) is 0 Å². The van der Waals surface area contributed by atoms with Crippen molar-refractivity contribution in [2.45, 2.75) is 0 Å². The van der Waals surface area contributed by atoms with Crippen molar-refractivity contribution >= 4 is 174 Å². The molecule has 0 spiro atoms. The summed E-state index contributed by atoms with van der Waals surface area (Å²) in [6.45, 7) is 0. The fraction of sp³-hybridized carbons (Fsp3) is 0. The summed E-state index contributed by atoms with van der Waals surface area (Å²) >= 11 is 0. The smallest absolute Gasteiger partial charge is 0.136 e. The molecule has 121 heavy (non-hydrogen) atoms. The lowest BCUT2D eigenvalue weighted by Gasteiger charge is -2.12. The van der Waals surface area contributed by atoms with Crippen LogP contribution in [-0.2, 0) is 0 Å². The molecule has 1 aliphatic carbocycles. The number of aromatic nitrogens is 3. The molecule has 0 fully saturated rings. The van der Waals surface area contributed by atoms with Gasteiger partial charge in [-0.3, -0.25) is 15.0 Å². The molecule has 0 aliphatic heterocycles. The number of nitrogens with zero attached hydrogens (tertiary/aromatic N) is 3. The van der Waals surface area contributed by atoms with Gasteiger partial charge in [0, 0.05) is 83.2 Å². The highest BCUT2D eigenvalue weighted by Crippen LogP contribution is 2.52. The number of benzene rings is 20. The highest BCUT2D eigenvalue weighted by atomic mass is 16.3. The molecule has 6 aromatic heterocycles. The van der Waals surface area contributed by atoms with Crippen LogP contribution in [0.4, 0.5) is 0 Å². The Bertz CT molecular complexity index is 8860. The third-order valence-corrected chi connectivity index (χ3v) is 25.2. The quantitative estimate of drug-likeness (QED) is 0.154. The highest BCUT2D eigenvalue weighted by Gasteiger charge is 2.26. The van der Waals surface area contributed by atoms with E-state index in [9.17, 15) is 0 Å². The number of pyridine rings is 3. The van der Waals surface area contributed by atoms with Crippen molar-refractivity contribution in [2.24, 2.45) is 0 Å². The van der Waals surface area contributed by atoms with E-state index in [-0.39, 0.29) is 0 Å². The molecule has 0 N–H and O–H groups in total. The van der Waals surface area contributed by atoms with Crippen molar-refractivity contribution in [1.82, 2.24) is 15.0 Å². The van der Waals surface area contributed by atoms with Gasteiger partial charge in [-0.15, -0.1) is 0 Å². The maximum Gasteiger partial charge on any atom is 0.136 e. The number of fused-ring (bicyclic) bond motifs is 25. The van der Waals surface area contributed by atoms with Gasteiger partial charge in [0.2, 0.25) is 0 Å². The van der Waals surface area contributed by atoms with Gasteiger partial charge < -0.3 is 13.3 Å². The fourth-order valence-electron chi connectivity index (χ4n) is 19.9. The first-order valence-corrected chi connectivity index (χ1v) is 41.2. The van der Waals surface area contributed by atoms with Crippen LogP contribution in [0.5, 0.6) is 0 Å². The minimum atomic E-state index is 0.892. The molecule has 0 bridgehead atoms. The maximum absolute atomic E-state index is 6.47. The second kappa shape index (κ2) is 27.2. The summed E-state index contributed by atoms with van der Waals surface area (Å²) in [5.41, 5.74) is 28.0. The first kappa shape index (κ1) is 68.1. The van der Waals surface area contributed by atoms with Crippen LogP contribution >= 0.6 is 0 Å². The molecular formula is C115H67N3O3. The van der Waals surface area contributed by atoms with Crippen LogP contribution in [0.1, 0.15) is 0 Å². The molecule has 1 aliphatic rings. The zero-order valence-corrected chi connectivity index (χ0v) is 65.2. The van der Waals surface area contributed by atoms with Gasteiger partial charge in [0.05, 0.1) is 16.6 Å². The Morgan fingerprint density at radius 3 is 0.926 bits per heavy atom. The van der Waals surface area contributed by atoms with E-state index in [4.69, 9.17) is 28.2 Å². The van der Waals surface area contributed by atoms with E-state index in [0.29, 0.717) is 0 Å². The highest BCUT2D eigenvalue weighted by molar-refractivity contribution is 6.26. The molecule has 6 nitrogen and oxygen atoms in total. The number of hydrogen-bond acceptors (Lipinski definition) is 6. The summed E-state index contributed by atoms with van der Waals surface area (Å²) in [6, 6.07) is 139. The molecule has 6 heterocycles. The molecule has 26 aromatic rings. The fourth-order valence-corrected chi connectivity index (χ4v) is 19.9. The van der Waals surface area contributed by atoms with Crippen LogP contribution in [0.25, 0.3) is 263 Å². The van der Waals surface area contributed by atoms with E-state index in [1.807, 2.05) is 36.8 Å². The largest absolute Gasteiger partial charge is 0.456 e. The predicted octanol–water partition coefficient (Wildman–Crippen LogP) is 32.1. The van der Waals surface area contributed by atoms with E-state index < -0.39 is 0 Å². The number of hydrogen-bond donors (Lipinski definition) is 0. The monoisotopic (exact) mass is 1540 g/mol. The normalized spacial score (nSPS) is 12.0. The van der Waals surface area contributed by atoms with Crippen LogP contribution in [-0.4, -0.2) is 15.0 Å². The van der Waals surface area contributed by atoms with E-state index in [1.54, 1.807) is 0 Å². The van der Waals surface area contributed by atoms with Gasteiger partial charge in [-0.1, -0.05) is 309 Å². The van der Waals surface area contributed by atoms with E-state index >= 15 is 0 Å². The summed E-state index contributed by atoms with van der Waals surface area (Å²) in [7, 11) is 0. The second-order valence-corrected chi connectivity index (χ2v) is 31.8. The average Bonchev–Trinajstić information content (AvgIpc) is 1.52. The molecule has 27 rings (SSSR count). The lowest BCUT2D eigenvalue weighted by Crippen LogP contribution is -1.87. The van der Waals surface area contributed by atoms with E-state index in [0.717, 1.165) is 115 Å². The zero-order valence-electron chi connectivity index (χ0n) is 65.2. The first-order chi connectivity index (χ1) is 60.0. The van der Waals surface area contributed by atoms with Crippen molar-refractivity contribution in [1.29, 1.82) is 0 Å². The van der Waals surface area contributed by atoms with E-state index in [1.165, 1.54) is 148 Å². The van der Waals surface area contributed by atoms with Gasteiger partial charge in [-0.25, -0.2) is 0 Å². The molecule has 0 unspecified atom stereocenters. The summed E-state index contributed by atoms with van der Waals surface area (Å²) < 4.78 is 19.3. The Morgan fingerprint density at radius 1 is 0.140 bits per heavy atom. The molecule has 20 aromatic carbocycles. The van der Waals surface area contributed by atoms with Gasteiger partial charge in [-0.2, -0.15) is 0 Å². The molecule has 0 amide bonds. The van der Waals surface area contributed by atoms with Gasteiger partial charge in [0.1, 0.15) is 33.5 Å². The SMILES string of the molecule is c1ccc2c(-c3ccc4oc5cccc(-c6cccc7ccc8cccnc8c67)c5c4c3)cccc2c1.c1ccc2c(c1)-c1cccc3c(-c4ccc5oc6cccc(-c7cccc8ccc9cccnc9c78)c6c5c4)ccc-2c13.c1ccc2c(c1)cc(-c1ccc3oc4cccc(-c5cccc6ccc7cccnc7c56)c4c3c1)c1ccccc12. The van der Waals surface area contributed by atoms with Crippen LogP contribution in [0, 0.1) is 0 Å². The van der Waals surface area contributed by atoms with Crippen LogP contribution in [0.2, 0.25) is 0 Å². The number of rotatable bonds is 6. The van der Waals surface area contributed by atoms with Crippen LogP contribution in [0.3, 0.4) is 0 Å². The lowest BCUT2D eigenvalue weighted by molar-refractivity contribution is 0.668. The third-order valence-electron chi connectivity index (χ3n) is 25.2. The molecule has 6 heteroatoms. The molecule has 0 saturated heterocycles. The zero-order chi connectivity index (χ0) is 79.3. The maximum atomic E-state index is 6.47. The van der Waals surface area contributed by atoms with Crippen molar-refractivity contribution in [3.05, 3.63) is 407 Å². The lowest BCUT2D eigenvalue weighted by atomic mass is 9.91. The third kappa shape index (κ3) is 10.8. The van der Waals surface area contributed by atoms with E-state index in [2.05, 4.69) is 370 Å². The minimum Gasteiger partial charge on any atom is -0.456 e. The summed E-state index contributed by atoms with van der Waals surface area (Å²) in [6.07, 6.45) is 5.64. The Hall–Kier alpha value is -16.2. The Balaban J connectivity index is 0.000000101. The molecule has 0 radical (unpaired) electrons. The topological polar surface area (TPSA) is 78.1 Å². The van der Waals surface area contributed by atoms with Crippen molar-refractivity contribution in [3.8, 4) is 89.0 Å². The minimum absolute atomic E-state index is 0.892. The van der Waals surface area contributed by atoms with Crippen molar-refractivity contribution in [3.63, 3.8) is 0 Å². The van der Waals surface area contributed by atoms with Crippen molar-refractivity contribution in [2.75, 3.05) is 0 Å². The molecular weight excluding hydrogens is 1470 g/mol. The summed E-state index contributed by atoms with van der Waals surface area (Å²) in [5.74, 6) is 0. The molecule has 560 valence electrons. The predicted molar refractivity (Wildman–Crippen MR) is 507 cm³/mol.